The molecular formula is C33H45NO10. The molecule has 6 fully saturated rings. The Hall–Kier alpha value is -2.12. The van der Waals surface area contributed by atoms with Crippen molar-refractivity contribution >= 4 is 11.9 Å². The van der Waals surface area contributed by atoms with Gasteiger partial charge in [-0.2, -0.15) is 0 Å². The lowest BCUT2D eigenvalue weighted by Crippen LogP contribution is -2.81. The number of piperidine rings is 1. The molecule has 11 nitrogen and oxygen atoms in total. The van der Waals surface area contributed by atoms with E-state index in [4.69, 9.17) is 28.4 Å². The summed E-state index contributed by atoms with van der Waals surface area (Å²) in [6, 6.07) is 8.37. The quantitative estimate of drug-likeness (QED) is 0.412. The summed E-state index contributed by atoms with van der Waals surface area (Å²) in [5.74, 6) is -3.13. The molecule has 0 amide bonds. The zero-order valence-electron chi connectivity index (χ0n) is 26.3. The summed E-state index contributed by atoms with van der Waals surface area (Å²) in [6.45, 7) is 4.76. The molecule has 1 spiro atoms. The van der Waals surface area contributed by atoms with Gasteiger partial charge >= 0.3 is 11.9 Å². The molecule has 1 saturated heterocycles. The Morgan fingerprint density at radius 1 is 1.02 bits per heavy atom. The monoisotopic (exact) mass is 615 g/mol. The van der Waals surface area contributed by atoms with Gasteiger partial charge in [-0.15, -0.1) is 0 Å². The first-order valence-corrected chi connectivity index (χ1v) is 15.8. The molecule has 2 N–H and O–H groups in total. The number of ether oxygens (including phenoxy) is 6. The van der Waals surface area contributed by atoms with Crippen LogP contribution < -0.4 is 0 Å². The number of carbonyl (C=O) groups is 2. The Bertz CT molecular complexity index is 1310. The number of aliphatic hydroxyl groups is 2. The van der Waals surface area contributed by atoms with Crippen LogP contribution in [0.15, 0.2) is 30.3 Å². The first-order chi connectivity index (χ1) is 21.1. The average Bonchev–Trinajstić information content (AvgIpc) is 3.39. The smallest absolute Gasteiger partial charge is 0.338 e. The van der Waals surface area contributed by atoms with Crippen LogP contribution in [-0.4, -0.2) is 122 Å². The molecule has 5 aliphatic carbocycles. The number of carbonyl (C=O) groups excluding carboxylic acids is 2. The predicted octanol–water partition coefficient (Wildman–Crippen LogP) is 1.43. The van der Waals surface area contributed by atoms with Crippen molar-refractivity contribution in [2.75, 3.05) is 41.5 Å². The lowest BCUT2D eigenvalue weighted by molar-refractivity contribution is -0.320. The fourth-order valence-corrected chi connectivity index (χ4v) is 11.9. The standard InChI is InChI=1S/C33H45NO10/c1-7-34-16-30(42-6)14-13-20(39-3)32-19-15-31(38)27(43-29(37)18-11-9-8-10-12-18)21(19)33(44-17(2)35,26(36)28(31)41-5)22(25(32)34)23(40-4)24(30)32/h8-12,19-28,36,38H,7,13-16H2,1-6H3/t19-,20-,21-,22-,23-,24+,25+,26-,27+,28-,30+,31+,32-,33+/m0/s1. The van der Waals surface area contributed by atoms with E-state index in [1.54, 1.807) is 45.6 Å². The molecule has 6 aliphatic rings. The van der Waals surface area contributed by atoms with E-state index in [-0.39, 0.29) is 24.5 Å². The number of hydrogen-bond acceptors (Lipinski definition) is 11. The van der Waals surface area contributed by atoms with Crippen LogP contribution in [0.5, 0.6) is 0 Å². The number of likely N-dealkylation sites (tertiary alicyclic amines) is 1. The van der Waals surface area contributed by atoms with E-state index in [0.717, 1.165) is 12.8 Å². The Morgan fingerprint density at radius 2 is 1.75 bits per heavy atom. The van der Waals surface area contributed by atoms with Gasteiger partial charge in [-0.3, -0.25) is 9.69 Å². The highest BCUT2D eigenvalue weighted by Gasteiger charge is 2.91. The zero-order valence-corrected chi connectivity index (χ0v) is 26.3. The van der Waals surface area contributed by atoms with Crippen LogP contribution in [0.1, 0.15) is 43.5 Å². The minimum absolute atomic E-state index is 0.149. The van der Waals surface area contributed by atoms with Gasteiger partial charge < -0.3 is 38.6 Å². The molecule has 1 heterocycles. The first kappa shape index (κ1) is 30.5. The third kappa shape index (κ3) is 3.36. The second-order valence-electron chi connectivity index (χ2n) is 13.8. The van der Waals surface area contributed by atoms with Crippen LogP contribution in [0, 0.1) is 29.1 Å². The molecule has 1 aromatic rings. The van der Waals surface area contributed by atoms with E-state index in [0.29, 0.717) is 18.7 Å². The highest BCUT2D eigenvalue weighted by molar-refractivity contribution is 5.89. The van der Waals surface area contributed by atoms with Gasteiger partial charge in [0.2, 0.25) is 0 Å². The average molecular weight is 616 g/mol. The van der Waals surface area contributed by atoms with Crippen LogP contribution in [0.3, 0.4) is 0 Å². The summed E-state index contributed by atoms with van der Waals surface area (Å²) < 4.78 is 38.1. The number of rotatable bonds is 8. The van der Waals surface area contributed by atoms with Crippen LogP contribution in [-0.2, 0) is 33.2 Å². The van der Waals surface area contributed by atoms with Crippen molar-refractivity contribution in [1.29, 1.82) is 0 Å². The normalized spacial score (nSPS) is 49.9. The zero-order chi connectivity index (χ0) is 31.4. The summed E-state index contributed by atoms with van der Waals surface area (Å²) in [7, 11) is 6.56. The van der Waals surface area contributed by atoms with Crippen LogP contribution in [0.25, 0.3) is 0 Å². The van der Waals surface area contributed by atoms with E-state index in [1.807, 2.05) is 6.07 Å². The largest absolute Gasteiger partial charge is 0.455 e. The maximum atomic E-state index is 13.7. The third-order valence-corrected chi connectivity index (χ3v) is 12.8. The number of esters is 2. The van der Waals surface area contributed by atoms with Crippen molar-refractivity contribution in [3.05, 3.63) is 35.9 Å². The lowest BCUT2D eigenvalue weighted by atomic mass is 9.45. The lowest BCUT2D eigenvalue weighted by Gasteiger charge is -2.69. The summed E-state index contributed by atoms with van der Waals surface area (Å²) in [6.07, 6.45) is -2.91. The van der Waals surface area contributed by atoms with Crippen molar-refractivity contribution in [2.45, 2.75) is 86.5 Å². The number of benzene rings is 1. The first-order valence-electron chi connectivity index (χ1n) is 15.8. The van der Waals surface area contributed by atoms with Gasteiger partial charge in [-0.1, -0.05) is 25.1 Å². The fourth-order valence-electron chi connectivity index (χ4n) is 11.9. The van der Waals surface area contributed by atoms with Gasteiger partial charge in [0, 0.05) is 71.1 Å². The molecule has 1 aliphatic heterocycles. The maximum absolute atomic E-state index is 13.7. The number of likely N-dealkylation sites (N-methyl/N-ethyl adjacent to an activating group) is 1. The molecule has 11 heteroatoms. The molecule has 0 aromatic heterocycles. The predicted molar refractivity (Wildman–Crippen MR) is 155 cm³/mol. The number of hydrogen-bond donors (Lipinski definition) is 2. The summed E-state index contributed by atoms with van der Waals surface area (Å²) in [5, 5.41) is 25.1. The van der Waals surface area contributed by atoms with Gasteiger partial charge in [0.05, 0.1) is 23.4 Å². The van der Waals surface area contributed by atoms with Crippen molar-refractivity contribution in [1.82, 2.24) is 4.90 Å². The van der Waals surface area contributed by atoms with Crippen LogP contribution in [0.2, 0.25) is 0 Å². The van der Waals surface area contributed by atoms with Gasteiger partial charge in [-0.05, 0) is 43.9 Å². The Morgan fingerprint density at radius 3 is 2.34 bits per heavy atom. The fraction of sp³-hybridized carbons (Fsp3) is 0.758. The summed E-state index contributed by atoms with van der Waals surface area (Å²) in [5.41, 5.74) is -4.28. The number of aliphatic hydroxyl groups excluding tert-OH is 1. The van der Waals surface area contributed by atoms with Crippen molar-refractivity contribution in [2.24, 2.45) is 29.1 Å². The Labute approximate surface area is 258 Å². The minimum atomic E-state index is -1.77. The molecule has 1 aromatic carbocycles. The van der Waals surface area contributed by atoms with Gasteiger partial charge in [0.25, 0.3) is 0 Å². The highest BCUT2D eigenvalue weighted by Crippen LogP contribution is 2.79. The highest BCUT2D eigenvalue weighted by atomic mass is 16.6. The molecule has 7 bridgehead atoms. The van der Waals surface area contributed by atoms with Gasteiger partial charge in [0.15, 0.2) is 5.60 Å². The number of fused-ring (bicyclic) bond motifs is 2. The molecule has 0 radical (unpaired) electrons. The minimum Gasteiger partial charge on any atom is -0.455 e. The van der Waals surface area contributed by atoms with E-state index in [9.17, 15) is 19.8 Å². The van der Waals surface area contributed by atoms with Crippen molar-refractivity contribution in [3.8, 4) is 0 Å². The topological polar surface area (TPSA) is 133 Å². The maximum Gasteiger partial charge on any atom is 0.338 e. The third-order valence-electron chi connectivity index (χ3n) is 12.8. The van der Waals surface area contributed by atoms with Crippen molar-refractivity contribution in [3.63, 3.8) is 0 Å². The SMILES string of the molecule is CCN1C[C@]2(OC)CC[C@H](OC)[C@@]34[C@@H]2[C@@H](OC)[C@@H]([C@@H]13)[C@]1(OC(C)=O)[C@@H]2[C@@H](OC(=O)c3ccccc3)[C@](O)(C[C@@H]24)[C@@H](OC)[C@@H]1O. The van der Waals surface area contributed by atoms with Crippen molar-refractivity contribution < 1.29 is 48.2 Å². The van der Waals surface area contributed by atoms with E-state index in [2.05, 4.69) is 11.8 Å². The molecule has 7 rings (SSSR count). The van der Waals surface area contributed by atoms with Gasteiger partial charge in [-0.25, -0.2) is 4.79 Å². The molecule has 5 saturated carbocycles. The second kappa shape index (κ2) is 10.2. The molecule has 44 heavy (non-hydrogen) atoms. The van der Waals surface area contributed by atoms with Crippen LogP contribution >= 0.6 is 0 Å². The Kier molecular flexibility index (Phi) is 7.07. The van der Waals surface area contributed by atoms with E-state index in [1.165, 1.54) is 14.0 Å². The summed E-state index contributed by atoms with van der Waals surface area (Å²) >= 11 is 0. The molecule has 14 atom stereocenters. The Balaban J connectivity index is 1.52. The van der Waals surface area contributed by atoms with E-state index < -0.39 is 76.3 Å². The van der Waals surface area contributed by atoms with E-state index >= 15 is 0 Å². The van der Waals surface area contributed by atoms with Crippen LogP contribution in [0.4, 0.5) is 0 Å². The molecule has 0 unspecified atom stereocenters. The second-order valence-corrected chi connectivity index (χ2v) is 13.8. The summed E-state index contributed by atoms with van der Waals surface area (Å²) in [4.78, 5) is 29.3. The number of nitrogens with zero attached hydrogens (tertiary/aromatic N) is 1. The number of methoxy groups -OCH3 is 4. The van der Waals surface area contributed by atoms with Gasteiger partial charge in [0.1, 0.15) is 23.9 Å². The molecular weight excluding hydrogens is 570 g/mol. The molecule has 242 valence electrons.